The molecular weight excluding hydrogens is 510 g/mol. The third-order valence-electron chi connectivity index (χ3n) is 8.71. The third kappa shape index (κ3) is 5.80. The number of hydrogen-bond acceptors (Lipinski definition) is 5. The van der Waals surface area contributed by atoms with E-state index in [1.807, 2.05) is 32.0 Å². The molecule has 2 saturated carbocycles. The number of benzene rings is 1. The summed E-state index contributed by atoms with van der Waals surface area (Å²) in [5.74, 6) is 1.88. The van der Waals surface area contributed by atoms with Crippen LogP contribution in [0.25, 0.3) is 0 Å². The molecule has 8 nitrogen and oxygen atoms in total. The standard InChI is InChI=1S/C30H45N5O3S/c1-18(2)39(37,38)34-16-24(25(17-34)29(36)31-26-11-8-19(3)12-20(26)4)28-33-32-27(35(28)23-9-10-23)22-13-21(14-22)15-30(5,6)7/h8,11-12,18,21-25H,9-10,13-17H2,1-7H3,(H,31,36)/t21-,22+,24-,25-/m0/s1. The van der Waals surface area contributed by atoms with Crippen molar-refractivity contribution in [2.45, 2.75) is 104 Å². The molecule has 2 atom stereocenters. The minimum absolute atomic E-state index is 0.158. The highest BCUT2D eigenvalue weighted by atomic mass is 32.2. The van der Waals surface area contributed by atoms with Crippen molar-refractivity contribution >= 4 is 21.6 Å². The number of carbonyl (C=O) groups excluding carboxylic acids is 1. The van der Waals surface area contributed by atoms with Crippen LogP contribution >= 0.6 is 0 Å². The van der Waals surface area contributed by atoms with Crippen molar-refractivity contribution in [1.82, 2.24) is 19.1 Å². The summed E-state index contributed by atoms with van der Waals surface area (Å²) in [5.41, 5.74) is 3.20. The Hall–Kier alpha value is -2.26. The Morgan fingerprint density at radius 1 is 1.08 bits per heavy atom. The molecule has 2 aliphatic carbocycles. The summed E-state index contributed by atoms with van der Waals surface area (Å²) in [7, 11) is -3.52. The number of sulfonamides is 1. The smallest absolute Gasteiger partial charge is 0.229 e. The number of nitrogens with one attached hydrogen (secondary N) is 1. The quantitative estimate of drug-likeness (QED) is 0.461. The highest BCUT2D eigenvalue weighted by Gasteiger charge is 2.48. The minimum Gasteiger partial charge on any atom is -0.326 e. The van der Waals surface area contributed by atoms with Crippen LogP contribution < -0.4 is 5.32 Å². The van der Waals surface area contributed by atoms with Gasteiger partial charge in [0, 0.05) is 36.7 Å². The molecule has 3 aliphatic rings. The molecule has 2 aromatic rings. The zero-order valence-electron chi connectivity index (χ0n) is 24.6. The molecule has 39 heavy (non-hydrogen) atoms. The summed E-state index contributed by atoms with van der Waals surface area (Å²) < 4.78 is 30.3. The van der Waals surface area contributed by atoms with Crippen molar-refractivity contribution in [1.29, 1.82) is 0 Å². The van der Waals surface area contributed by atoms with E-state index >= 15 is 0 Å². The van der Waals surface area contributed by atoms with Gasteiger partial charge in [0.05, 0.1) is 11.2 Å². The normalized spacial score (nSPS) is 26.2. The fourth-order valence-corrected chi connectivity index (χ4v) is 7.85. The lowest BCUT2D eigenvalue weighted by Gasteiger charge is -2.38. The van der Waals surface area contributed by atoms with E-state index in [1.165, 1.54) is 10.7 Å². The van der Waals surface area contributed by atoms with Gasteiger partial charge in [-0.2, -0.15) is 0 Å². The summed E-state index contributed by atoms with van der Waals surface area (Å²) in [4.78, 5) is 13.8. The van der Waals surface area contributed by atoms with Crippen LogP contribution in [0.3, 0.4) is 0 Å². The second-order valence-electron chi connectivity index (χ2n) is 13.7. The lowest BCUT2D eigenvalue weighted by Crippen LogP contribution is -2.36. The molecule has 3 fully saturated rings. The third-order valence-corrected chi connectivity index (χ3v) is 10.9. The Kier molecular flexibility index (Phi) is 7.46. The SMILES string of the molecule is Cc1ccc(NC(=O)[C@H]2CN(S(=O)(=O)C(C)C)C[C@@H]2c2nnc([C@H]3C[C@@H](CC(C)(C)C)C3)n2C2CC2)c(C)c1. The number of amides is 1. The van der Waals surface area contributed by atoms with Crippen molar-refractivity contribution in [2.24, 2.45) is 17.3 Å². The van der Waals surface area contributed by atoms with E-state index < -0.39 is 21.2 Å². The van der Waals surface area contributed by atoms with Crippen LogP contribution in [0.5, 0.6) is 0 Å². The fraction of sp³-hybridized carbons (Fsp3) is 0.700. The summed E-state index contributed by atoms with van der Waals surface area (Å²) in [6.07, 6.45) is 5.61. The highest BCUT2D eigenvalue weighted by Crippen LogP contribution is 2.50. The van der Waals surface area contributed by atoms with Gasteiger partial charge < -0.3 is 9.88 Å². The number of aromatic nitrogens is 3. The largest absolute Gasteiger partial charge is 0.326 e. The zero-order valence-corrected chi connectivity index (χ0v) is 25.4. The van der Waals surface area contributed by atoms with Crippen LogP contribution in [-0.2, 0) is 14.8 Å². The van der Waals surface area contributed by atoms with Crippen LogP contribution in [0, 0.1) is 31.1 Å². The summed E-state index contributed by atoms with van der Waals surface area (Å²) in [6, 6.07) is 6.29. The van der Waals surface area contributed by atoms with Crippen molar-refractivity contribution in [3.05, 3.63) is 41.0 Å². The van der Waals surface area contributed by atoms with Crippen molar-refractivity contribution in [2.75, 3.05) is 18.4 Å². The Labute approximate surface area is 234 Å². The molecule has 5 rings (SSSR count). The molecular formula is C30H45N5O3S. The van der Waals surface area contributed by atoms with E-state index in [9.17, 15) is 13.2 Å². The van der Waals surface area contributed by atoms with Crippen molar-refractivity contribution in [3.63, 3.8) is 0 Å². The van der Waals surface area contributed by atoms with Gasteiger partial charge in [-0.25, -0.2) is 12.7 Å². The van der Waals surface area contributed by atoms with E-state index in [4.69, 9.17) is 10.2 Å². The molecule has 214 valence electrons. The van der Waals surface area contributed by atoms with Gasteiger partial charge in [0.2, 0.25) is 15.9 Å². The number of hydrogen-bond donors (Lipinski definition) is 1. The Bertz CT molecular complexity index is 1330. The molecule has 2 heterocycles. The maximum Gasteiger partial charge on any atom is 0.229 e. The number of nitrogens with zero attached hydrogens (tertiary/aromatic N) is 4. The molecule has 0 bridgehead atoms. The van der Waals surface area contributed by atoms with E-state index in [-0.39, 0.29) is 24.9 Å². The van der Waals surface area contributed by atoms with E-state index in [0.717, 1.165) is 54.1 Å². The highest BCUT2D eigenvalue weighted by molar-refractivity contribution is 7.89. The zero-order chi connectivity index (χ0) is 28.3. The second-order valence-corrected chi connectivity index (χ2v) is 16.2. The van der Waals surface area contributed by atoms with E-state index in [1.54, 1.807) is 13.8 Å². The van der Waals surface area contributed by atoms with Crippen LogP contribution in [0.1, 0.15) is 107 Å². The molecule has 1 aromatic carbocycles. The number of aryl methyl sites for hydroxylation is 2. The Balaban J connectivity index is 1.44. The minimum atomic E-state index is -3.52. The average Bonchev–Trinajstić information content (AvgIpc) is 3.39. The lowest BCUT2D eigenvalue weighted by molar-refractivity contribution is -0.119. The van der Waals surface area contributed by atoms with Crippen LogP contribution in [0.4, 0.5) is 5.69 Å². The number of anilines is 1. The maximum atomic E-state index is 13.8. The van der Waals surface area contributed by atoms with Crippen molar-refractivity contribution < 1.29 is 13.2 Å². The first-order chi connectivity index (χ1) is 18.2. The molecule has 0 spiro atoms. The first-order valence-corrected chi connectivity index (χ1v) is 16.1. The molecule has 9 heteroatoms. The summed E-state index contributed by atoms with van der Waals surface area (Å²) in [5, 5.41) is 12.0. The topological polar surface area (TPSA) is 97.2 Å². The van der Waals surface area contributed by atoms with Gasteiger partial charge in [-0.05, 0) is 82.8 Å². The van der Waals surface area contributed by atoms with Crippen molar-refractivity contribution in [3.8, 4) is 0 Å². The number of rotatable bonds is 8. The molecule has 0 radical (unpaired) electrons. The van der Waals surface area contributed by atoms with Gasteiger partial charge in [0.25, 0.3) is 0 Å². The molecule has 1 amide bonds. The average molecular weight is 556 g/mol. The van der Waals surface area contributed by atoms with E-state index in [2.05, 4.69) is 30.7 Å². The van der Waals surface area contributed by atoms with Gasteiger partial charge in [-0.1, -0.05) is 38.5 Å². The predicted molar refractivity (Wildman–Crippen MR) is 154 cm³/mol. The maximum absolute atomic E-state index is 13.8. The summed E-state index contributed by atoms with van der Waals surface area (Å²) >= 11 is 0. The molecule has 0 unspecified atom stereocenters. The first kappa shape index (κ1) is 28.3. The monoisotopic (exact) mass is 555 g/mol. The van der Waals surface area contributed by atoms with E-state index in [0.29, 0.717) is 23.3 Å². The van der Waals surface area contributed by atoms with Crippen LogP contribution in [0.15, 0.2) is 18.2 Å². The predicted octanol–water partition coefficient (Wildman–Crippen LogP) is 5.55. The van der Waals surface area contributed by atoms with Gasteiger partial charge in [0.15, 0.2) is 0 Å². The Morgan fingerprint density at radius 2 is 1.74 bits per heavy atom. The number of carbonyl (C=O) groups is 1. The molecule has 1 aliphatic heterocycles. The second kappa shape index (κ2) is 10.3. The van der Waals surface area contributed by atoms with Gasteiger partial charge >= 0.3 is 0 Å². The van der Waals surface area contributed by atoms with Gasteiger partial charge in [-0.3, -0.25) is 4.79 Å². The first-order valence-electron chi connectivity index (χ1n) is 14.6. The molecule has 1 N–H and O–H groups in total. The fourth-order valence-electron chi connectivity index (χ4n) is 6.51. The molecule has 1 saturated heterocycles. The van der Waals surface area contributed by atoms with Crippen LogP contribution in [-0.4, -0.2) is 51.7 Å². The van der Waals surface area contributed by atoms with Crippen LogP contribution in [0.2, 0.25) is 0 Å². The summed E-state index contributed by atoms with van der Waals surface area (Å²) in [6.45, 7) is 14.7. The van der Waals surface area contributed by atoms with Gasteiger partial charge in [-0.15, -0.1) is 10.2 Å². The lowest BCUT2D eigenvalue weighted by atomic mass is 9.68. The molecule has 1 aromatic heterocycles. The Morgan fingerprint density at radius 3 is 2.33 bits per heavy atom. The van der Waals surface area contributed by atoms with Gasteiger partial charge in [0.1, 0.15) is 11.6 Å².